The molecule has 0 unspecified atom stereocenters. The Hall–Kier alpha value is -2.61. The van der Waals surface area contributed by atoms with Gasteiger partial charge in [0.1, 0.15) is 5.65 Å². The summed E-state index contributed by atoms with van der Waals surface area (Å²) in [5.74, 6) is 0. The molecule has 4 aromatic rings. The van der Waals surface area contributed by atoms with Gasteiger partial charge in [0.25, 0.3) is 0 Å². The van der Waals surface area contributed by atoms with Gasteiger partial charge < -0.3 is 4.40 Å². The summed E-state index contributed by atoms with van der Waals surface area (Å²) >= 11 is 0. The summed E-state index contributed by atoms with van der Waals surface area (Å²) in [7, 11) is 0. The highest BCUT2D eigenvalue weighted by Gasteiger charge is 2.12. The van der Waals surface area contributed by atoms with Gasteiger partial charge in [-0.3, -0.25) is 0 Å². The number of para-hydroxylation sites is 1. The molecule has 0 saturated heterocycles. The highest BCUT2D eigenvalue weighted by Crippen LogP contribution is 2.27. The van der Waals surface area contributed by atoms with Crippen LogP contribution in [-0.2, 0) is 6.42 Å². The molecule has 0 amide bonds. The van der Waals surface area contributed by atoms with Crippen molar-refractivity contribution < 1.29 is 0 Å². The number of hydrogen-bond donors (Lipinski definition) is 0. The summed E-state index contributed by atoms with van der Waals surface area (Å²) in [6.45, 7) is 0. The average molecular weight is 258 g/mol. The molecule has 0 spiro atoms. The van der Waals surface area contributed by atoms with E-state index in [1.165, 1.54) is 22.0 Å². The number of benzene rings is 2. The predicted molar refractivity (Wildman–Crippen MR) is 81.9 cm³/mol. The summed E-state index contributed by atoms with van der Waals surface area (Å²) in [6, 6.07) is 21.0. The number of rotatable bonds is 2. The second-order valence-corrected chi connectivity index (χ2v) is 4.97. The molecule has 0 N–H and O–H groups in total. The van der Waals surface area contributed by atoms with Gasteiger partial charge in [0.15, 0.2) is 0 Å². The Morgan fingerprint density at radius 1 is 0.850 bits per heavy atom. The molecule has 2 nitrogen and oxygen atoms in total. The standard InChI is InChI=1S/C18H14N2/c1-2-7-14(8-3-1)13-16-15-9-4-5-10-17(15)20-12-6-11-19-18(16)20/h1-12H,13H2. The average Bonchev–Trinajstić information content (AvgIpc) is 2.84. The lowest BCUT2D eigenvalue weighted by molar-refractivity contribution is 1.13. The molecule has 0 saturated carbocycles. The van der Waals surface area contributed by atoms with E-state index in [2.05, 4.69) is 70.2 Å². The third-order valence-electron chi connectivity index (χ3n) is 3.73. The van der Waals surface area contributed by atoms with E-state index < -0.39 is 0 Å². The van der Waals surface area contributed by atoms with Gasteiger partial charge in [-0.15, -0.1) is 0 Å². The van der Waals surface area contributed by atoms with Crippen LogP contribution in [0.4, 0.5) is 0 Å². The lowest BCUT2D eigenvalue weighted by atomic mass is 10.0. The molecular formula is C18H14N2. The fourth-order valence-corrected chi connectivity index (χ4v) is 2.82. The molecule has 20 heavy (non-hydrogen) atoms. The fourth-order valence-electron chi connectivity index (χ4n) is 2.82. The van der Waals surface area contributed by atoms with Crippen molar-refractivity contribution in [1.82, 2.24) is 9.38 Å². The summed E-state index contributed by atoms with van der Waals surface area (Å²) < 4.78 is 2.17. The van der Waals surface area contributed by atoms with Crippen LogP contribution in [0, 0.1) is 0 Å². The molecule has 2 heteroatoms. The molecule has 0 aliphatic heterocycles. The molecule has 4 rings (SSSR count). The number of aromatic nitrogens is 2. The Morgan fingerprint density at radius 3 is 2.55 bits per heavy atom. The summed E-state index contributed by atoms with van der Waals surface area (Å²) in [5.41, 5.74) is 4.89. The van der Waals surface area contributed by atoms with Crippen molar-refractivity contribution >= 4 is 16.6 Å². The first kappa shape index (κ1) is 11.2. The van der Waals surface area contributed by atoms with Crippen LogP contribution in [0.15, 0.2) is 73.1 Å². The van der Waals surface area contributed by atoms with E-state index in [9.17, 15) is 0 Å². The van der Waals surface area contributed by atoms with Crippen molar-refractivity contribution in [2.75, 3.05) is 0 Å². The third-order valence-corrected chi connectivity index (χ3v) is 3.73. The van der Waals surface area contributed by atoms with Crippen LogP contribution in [0.1, 0.15) is 11.1 Å². The Morgan fingerprint density at radius 2 is 1.65 bits per heavy atom. The van der Waals surface area contributed by atoms with E-state index in [-0.39, 0.29) is 0 Å². The minimum atomic E-state index is 0.912. The minimum absolute atomic E-state index is 0.912. The van der Waals surface area contributed by atoms with E-state index in [0.717, 1.165) is 12.1 Å². The third kappa shape index (κ3) is 1.69. The van der Waals surface area contributed by atoms with E-state index in [0.29, 0.717) is 0 Å². The number of hydrogen-bond acceptors (Lipinski definition) is 1. The smallest absolute Gasteiger partial charge is 0.141 e. The first-order valence-electron chi connectivity index (χ1n) is 6.80. The normalized spacial score (nSPS) is 11.2. The monoisotopic (exact) mass is 258 g/mol. The Bertz CT molecular complexity index is 822. The molecular weight excluding hydrogens is 244 g/mol. The quantitative estimate of drug-likeness (QED) is 0.529. The predicted octanol–water partition coefficient (Wildman–Crippen LogP) is 4.08. The largest absolute Gasteiger partial charge is 0.301 e. The van der Waals surface area contributed by atoms with Gasteiger partial charge in [-0.1, -0.05) is 48.5 Å². The van der Waals surface area contributed by atoms with E-state index >= 15 is 0 Å². The number of nitrogens with zero attached hydrogens (tertiary/aromatic N) is 2. The van der Waals surface area contributed by atoms with Gasteiger partial charge >= 0.3 is 0 Å². The van der Waals surface area contributed by atoms with Crippen LogP contribution in [0.5, 0.6) is 0 Å². The zero-order valence-electron chi connectivity index (χ0n) is 11.0. The van der Waals surface area contributed by atoms with Crippen molar-refractivity contribution in [3.8, 4) is 0 Å². The summed E-state index contributed by atoms with van der Waals surface area (Å²) in [4.78, 5) is 4.58. The van der Waals surface area contributed by atoms with Gasteiger partial charge in [-0.05, 0) is 17.7 Å². The topological polar surface area (TPSA) is 17.3 Å². The van der Waals surface area contributed by atoms with Crippen molar-refractivity contribution in [1.29, 1.82) is 0 Å². The van der Waals surface area contributed by atoms with Crippen molar-refractivity contribution in [3.05, 3.63) is 84.2 Å². The van der Waals surface area contributed by atoms with Crippen molar-refractivity contribution in [3.63, 3.8) is 0 Å². The maximum atomic E-state index is 4.58. The van der Waals surface area contributed by atoms with Crippen LogP contribution < -0.4 is 0 Å². The van der Waals surface area contributed by atoms with Gasteiger partial charge in [0, 0.05) is 29.8 Å². The SMILES string of the molecule is c1ccc(Cc2c3ccccc3n3cccnc23)cc1. The van der Waals surface area contributed by atoms with E-state index in [1.807, 2.05) is 12.3 Å². The maximum absolute atomic E-state index is 4.58. The summed E-state index contributed by atoms with van der Waals surface area (Å²) in [6.07, 6.45) is 4.86. The molecule has 0 aliphatic carbocycles. The van der Waals surface area contributed by atoms with Crippen LogP contribution >= 0.6 is 0 Å². The molecule has 0 radical (unpaired) electrons. The molecule has 0 aliphatic rings. The van der Waals surface area contributed by atoms with Crippen LogP contribution in [0.25, 0.3) is 16.6 Å². The van der Waals surface area contributed by atoms with Gasteiger partial charge in [-0.2, -0.15) is 0 Å². The Labute approximate surface area is 117 Å². The minimum Gasteiger partial charge on any atom is -0.301 e. The molecule has 0 atom stereocenters. The molecule has 0 bridgehead atoms. The van der Waals surface area contributed by atoms with Gasteiger partial charge in [0.05, 0.1) is 5.52 Å². The van der Waals surface area contributed by atoms with Gasteiger partial charge in [0.2, 0.25) is 0 Å². The Kier molecular flexibility index (Phi) is 2.52. The highest BCUT2D eigenvalue weighted by molar-refractivity contribution is 5.91. The first-order chi connectivity index (χ1) is 9.93. The van der Waals surface area contributed by atoms with Crippen LogP contribution in [-0.4, -0.2) is 9.38 Å². The maximum Gasteiger partial charge on any atom is 0.141 e. The zero-order chi connectivity index (χ0) is 13.4. The van der Waals surface area contributed by atoms with Crippen molar-refractivity contribution in [2.45, 2.75) is 6.42 Å². The highest BCUT2D eigenvalue weighted by atomic mass is 15.0. The molecule has 2 heterocycles. The van der Waals surface area contributed by atoms with Crippen LogP contribution in [0.3, 0.4) is 0 Å². The fraction of sp³-hybridized carbons (Fsp3) is 0.0556. The van der Waals surface area contributed by atoms with E-state index in [4.69, 9.17) is 0 Å². The molecule has 2 aromatic carbocycles. The second kappa shape index (κ2) is 4.49. The van der Waals surface area contributed by atoms with Gasteiger partial charge in [-0.25, -0.2) is 4.98 Å². The second-order valence-electron chi connectivity index (χ2n) is 4.97. The van der Waals surface area contributed by atoms with Crippen molar-refractivity contribution in [2.24, 2.45) is 0 Å². The van der Waals surface area contributed by atoms with Crippen LogP contribution in [0.2, 0.25) is 0 Å². The van der Waals surface area contributed by atoms with E-state index in [1.54, 1.807) is 0 Å². The Balaban J connectivity index is 2.00. The molecule has 0 fully saturated rings. The number of fused-ring (bicyclic) bond motifs is 3. The lowest BCUT2D eigenvalue weighted by Crippen LogP contribution is -1.90. The zero-order valence-corrected chi connectivity index (χ0v) is 11.0. The first-order valence-corrected chi connectivity index (χ1v) is 6.80. The summed E-state index contributed by atoms with van der Waals surface area (Å²) in [5, 5.41) is 1.29. The molecule has 96 valence electrons. The lowest BCUT2D eigenvalue weighted by Gasteiger charge is -2.01. The molecule has 2 aromatic heterocycles.